The number of amides is 2. The van der Waals surface area contributed by atoms with Gasteiger partial charge in [-0.05, 0) is 42.5 Å². The Balaban J connectivity index is 2.03. The van der Waals surface area contributed by atoms with Gasteiger partial charge < -0.3 is 19.7 Å². The van der Waals surface area contributed by atoms with Crippen molar-refractivity contribution in [1.82, 2.24) is 4.90 Å². The first-order chi connectivity index (χ1) is 14.5. The maximum absolute atomic E-state index is 12.9. The van der Waals surface area contributed by atoms with Gasteiger partial charge in [-0.15, -0.1) is 0 Å². The van der Waals surface area contributed by atoms with E-state index in [2.05, 4.69) is 5.32 Å². The highest BCUT2D eigenvalue weighted by Gasteiger charge is 2.33. The van der Waals surface area contributed by atoms with Crippen LogP contribution in [0.15, 0.2) is 42.5 Å². The second-order valence-electron chi connectivity index (χ2n) is 6.38. The number of benzene rings is 2. The Hall–Kier alpha value is -3.20. The van der Waals surface area contributed by atoms with Crippen molar-refractivity contribution in [3.8, 4) is 11.5 Å². The average molecular weight is 457 g/mol. The Kier molecular flexibility index (Phi) is 7.93. The van der Waals surface area contributed by atoms with Crippen molar-refractivity contribution in [3.05, 3.63) is 58.6 Å². The number of nitrogens with zero attached hydrogens (tertiary/aromatic N) is 1. The molecule has 31 heavy (non-hydrogen) atoms. The summed E-state index contributed by atoms with van der Waals surface area (Å²) >= 11 is 5.56. The number of likely N-dealkylation sites (N-methyl/N-ethyl adjacent to an activating group) is 1. The molecule has 0 heterocycles. The van der Waals surface area contributed by atoms with E-state index >= 15 is 0 Å². The van der Waals surface area contributed by atoms with Crippen LogP contribution in [0.4, 0.5) is 18.9 Å². The third-order valence-electron chi connectivity index (χ3n) is 4.15. The summed E-state index contributed by atoms with van der Waals surface area (Å²) in [6.07, 6.45) is -1.90. The van der Waals surface area contributed by atoms with Crippen molar-refractivity contribution in [3.63, 3.8) is 0 Å². The minimum atomic E-state index is -4.66. The summed E-state index contributed by atoms with van der Waals surface area (Å²) < 4.78 is 49.2. The quantitative estimate of drug-likeness (QED) is 0.623. The number of hydrogen-bond acceptors (Lipinski definition) is 4. The summed E-state index contributed by atoms with van der Waals surface area (Å²) in [4.78, 5) is 25.6. The fraction of sp³-hybridized carbons (Fsp3) is 0.238. The molecule has 0 aliphatic carbocycles. The van der Waals surface area contributed by atoms with E-state index in [1.807, 2.05) is 0 Å². The Morgan fingerprint density at radius 1 is 1.13 bits per heavy atom. The summed E-state index contributed by atoms with van der Waals surface area (Å²) in [6, 6.07) is 8.08. The van der Waals surface area contributed by atoms with E-state index in [1.54, 1.807) is 18.2 Å². The molecule has 0 aromatic heterocycles. The molecule has 0 saturated carbocycles. The van der Waals surface area contributed by atoms with E-state index in [9.17, 15) is 22.8 Å². The molecule has 166 valence electrons. The van der Waals surface area contributed by atoms with E-state index in [1.165, 1.54) is 39.5 Å². The van der Waals surface area contributed by atoms with Gasteiger partial charge >= 0.3 is 6.18 Å². The number of anilines is 1. The highest BCUT2D eigenvalue weighted by atomic mass is 35.5. The first kappa shape index (κ1) is 24.1. The van der Waals surface area contributed by atoms with Gasteiger partial charge in [-0.3, -0.25) is 9.59 Å². The van der Waals surface area contributed by atoms with Crippen molar-refractivity contribution in [1.29, 1.82) is 0 Å². The number of nitrogens with one attached hydrogen (secondary N) is 1. The largest absolute Gasteiger partial charge is 0.497 e. The van der Waals surface area contributed by atoms with Crippen LogP contribution >= 0.6 is 11.6 Å². The minimum Gasteiger partial charge on any atom is -0.497 e. The lowest BCUT2D eigenvalue weighted by Gasteiger charge is -2.16. The van der Waals surface area contributed by atoms with E-state index in [0.29, 0.717) is 17.1 Å². The molecule has 0 aliphatic rings. The highest BCUT2D eigenvalue weighted by Crippen LogP contribution is 2.36. The zero-order valence-corrected chi connectivity index (χ0v) is 17.7. The Bertz CT molecular complexity index is 993. The molecular weight excluding hydrogens is 437 g/mol. The fourth-order valence-electron chi connectivity index (χ4n) is 2.57. The van der Waals surface area contributed by atoms with Gasteiger partial charge in [0.15, 0.2) is 0 Å². The summed E-state index contributed by atoms with van der Waals surface area (Å²) in [7, 11) is 4.38. The van der Waals surface area contributed by atoms with Gasteiger partial charge in [0.25, 0.3) is 0 Å². The number of halogens is 4. The lowest BCUT2D eigenvalue weighted by molar-refractivity contribution is -0.137. The van der Waals surface area contributed by atoms with Crippen LogP contribution in [0.3, 0.4) is 0 Å². The highest BCUT2D eigenvalue weighted by molar-refractivity contribution is 6.31. The zero-order chi connectivity index (χ0) is 23.2. The molecule has 0 fully saturated rings. The second-order valence-corrected chi connectivity index (χ2v) is 6.78. The molecule has 0 unspecified atom stereocenters. The fourth-order valence-corrected chi connectivity index (χ4v) is 2.80. The summed E-state index contributed by atoms with van der Waals surface area (Å²) in [6.45, 7) is -0.373. The molecule has 2 aromatic carbocycles. The van der Waals surface area contributed by atoms with Crippen LogP contribution in [0.25, 0.3) is 6.08 Å². The smallest absolute Gasteiger partial charge is 0.417 e. The Morgan fingerprint density at radius 2 is 1.84 bits per heavy atom. The SMILES string of the molecule is COc1ccc(OC)c(C=CC(=O)N(C)CC(=O)Nc2ccc(Cl)c(C(F)(F)F)c2)c1. The van der Waals surface area contributed by atoms with Crippen molar-refractivity contribution in [2.45, 2.75) is 6.18 Å². The lowest BCUT2D eigenvalue weighted by Crippen LogP contribution is -2.33. The van der Waals surface area contributed by atoms with E-state index in [0.717, 1.165) is 17.0 Å². The molecule has 2 aromatic rings. The number of carbonyl (C=O) groups excluding carboxylic acids is 2. The Morgan fingerprint density at radius 3 is 2.45 bits per heavy atom. The maximum Gasteiger partial charge on any atom is 0.417 e. The van der Waals surface area contributed by atoms with E-state index in [4.69, 9.17) is 21.1 Å². The number of carbonyl (C=O) groups is 2. The number of ether oxygens (including phenoxy) is 2. The van der Waals surface area contributed by atoms with Gasteiger partial charge in [-0.1, -0.05) is 11.6 Å². The van der Waals surface area contributed by atoms with E-state index < -0.39 is 28.6 Å². The third kappa shape index (κ3) is 6.65. The van der Waals surface area contributed by atoms with Gasteiger partial charge in [0.2, 0.25) is 11.8 Å². The number of methoxy groups -OCH3 is 2. The minimum absolute atomic E-state index is 0.0840. The topological polar surface area (TPSA) is 67.9 Å². The van der Waals surface area contributed by atoms with Gasteiger partial charge in [0.05, 0.1) is 31.4 Å². The van der Waals surface area contributed by atoms with Crippen molar-refractivity contribution >= 4 is 35.2 Å². The van der Waals surface area contributed by atoms with Crippen LogP contribution in [-0.4, -0.2) is 44.5 Å². The molecule has 2 rings (SSSR count). The second kappa shape index (κ2) is 10.2. The monoisotopic (exact) mass is 456 g/mol. The predicted octanol–water partition coefficient (Wildman–Crippen LogP) is 4.49. The van der Waals surface area contributed by atoms with Gasteiger partial charge in [0.1, 0.15) is 11.5 Å². The summed E-state index contributed by atoms with van der Waals surface area (Å²) in [5.74, 6) is -0.0685. The number of hydrogen-bond donors (Lipinski definition) is 1. The van der Waals surface area contributed by atoms with Crippen LogP contribution in [0.1, 0.15) is 11.1 Å². The van der Waals surface area contributed by atoms with E-state index in [-0.39, 0.29) is 12.2 Å². The normalized spacial score (nSPS) is 11.3. The molecule has 2 amide bonds. The molecule has 0 saturated heterocycles. The molecular formula is C21H20ClF3N2O4. The Labute approximate surface area is 182 Å². The van der Waals surface area contributed by atoms with Crippen LogP contribution in [0, 0.1) is 0 Å². The molecule has 0 aliphatic heterocycles. The molecule has 1 N–H and O–H groups in total. The lowest BCUT2D eigenvalue weighted by atomic mass is 10.1. The molecule has 0 radical (unpaired) electrons. The molecule has 0 spiro atoms. The van der Waals surface area contributed by atoms with Gasteiger partial charge in [-0.2, -0.15) is 13.2 Å². The predicted molar refractivity (Wildman–Crippen MR) is 111 cm³/mol. The number of alkyl halides is 3. The molecule has 0 atom stereocenters. The van der Waals surface area contributed by atoms with Crippen LogP contribution in [-0.2, 0) is 15.8 Å². The first-order valence-corrected chi connectivity index (χ1v) is 9.24. The summed E-state index contributed by atoms with van der Waals surface area (Å²) in [5.41, 5.74) is -0.556. The van der Waals surface area contributed by atoms with Crippen molar-refractivity contribution < 1.29 is 32.2 Å². The van der Waals surface area contributed by atoms with Crippen LogP contribution in [0.5, 0.6) is 11.5 Å². The van der Waals surface area contributed by atoms with Gasteiger partial charge in [0, 0.05) is 24.4 Å². The first-order valence-electron chi connectivity index (χ1n) is 8.87. The standard InChI is InChI=1S/C21H20ClF3N2O4/c1-27(20(29)9-4-13-10-15(30-2)6-8-18(13)31-3)12-19(28)26-14-5-7-17(22)16(11-14)21(23,24)25/h4-11H,12H2,1-3H3,(H,26,28). The van der Waals surface area contributed by atoms with Gasteiger partial charge in [-0.25, -0.2) is 0 Å². The van der Waals surface area contributed by atoms with Crippen LogP contribution < -0.4 is 14.8 Å². The maximum atomic E-state index is 12.9. The zero-order valence-electron chi connectivity index (χ0n) is 16.9. The summed E-state index contributed by atoms with van der Waals surface area (Å²) in [5, 5.41) is 1.85. The molecule has 6 nitrogen and oxygen atoms in total. The molecule has 0 bridgehead atoms. The number of rotatable bonds is 7. The molecule has 10 heteroatoms. The van der Waals surface area contributed by atoms with Crippen molar-refractivity contribution in [2.24, 2.45) is 0 Å². The third-order valence-corrected chi connectivity index (χ3v) is 4.48. The van der Waals surface area contributed by atoms with Crippen molar-refractivity contribution in [2.75, 3.05) is 33.1 Å². The average Bonchev–Trinajstić information content (AvgIpc) is 2.72. The van der Waals surface area contributed by atoms with Crippen LogP contribution in [0.2, 0.25) is 5.02 Å².